The number of ether oxygens (including phenoxy) is 2. The minimum Gasteiger partial charge on any atom is -0.488 e. The number of hydrogen-bond acceptors (Lipinski definition) is 5. The molecule has 5 rings (SSSR count). The molecule has 4 N–H and O–H groups in total. The molecule has 0 amide bonds. The molecule has 26 heavy (non-hydrogen) atoms. The van der Waals surface area contributed by atoms with Gasteiger partial charge in [-0.15, -0.1) is 0 Å². The first kappa shape index (κ1) is 15.5. The van der Waals surface area contributed by atoms with Gasteiger partial charge in [0.25, 0.3) is 5.56 Å². The Labute approximate surface area is 149 Å². The Kier molecular flexibility index (Phi) is 3.70. The molecular weight excluding hydrogens is 334 g/mol. The van der Waals surface area contributed by atoms with Crippen LogP contribution < -0.4 is 15.6 Å². The van der Waals surface area contributed by atoms with Gasteiger partial charge in [-0.3, -0.25) is 20.1 Å². The average Bonchev–Trinajstić information content (AvgIpc) is 3.29. The molecule has 2 unspecified atom stereocenters. The van der Waals surface area contributed by atoms with Crippen molar-refractivity contribution in [3.8, 4) is 5.75 Å². The highest BCUT2D eigenvalue weighted by Gasteiger charge is 2.27. The first-order valence-corrected chi connectivity index (χ1v) is 9.01. The molecule has 1 saturated carbocycles. The largest absolute Gasteiger partial charge is 0.488 e. The second-order valence-corrected chi connectivity index (χ2v) is 7.12. The van der Waals surface area contributed by atoms with Crippen molar-refractivity contribution in [1.82, 2.24) is 20.4 Å². The number of fused-ring (bicyclic) bond motifs is 1. The summed E-state index contributed by atoms with van der Waals surface area (Å²) in [7, 11) is 0. The number of hydrogen-bond donors (Lipinski definition) is 4. The molecule has 3 aromatic rings. The lowest BCUT2D eigenvalue weighted by Gasteiger charge is -2.30. The van der Waals surface area contributed by atoms with Crippen molar-refractivity contribution < 1.29 is 9.47 Å². The second-order valence-electron chi connectivity index (χ2n) is 7.12. The Hall–Kier alpha value is -2.74. The van der Waals surface area contributed by atoms with Crippen LogP contribution in [0.3, 0.4) is 0 Å². The molecule has 8 heteroatoms. The summed E-state index contributed by atoms with van der Waals surface area (Å²) < 4.78 is 11.8. The Morgan fingerprint density at radius 3 is 3.00 bits per heavy atom. The van der Waals surface area contributed by atoms with Crippen LogP contribution in [0.15, 0.2) is 29.1 Å². The van der Waals surface area contributed by atoms with E-state index in [2.05, 4.69) is 31.8 Å². The van der Waals surface area contributed by atoms with Crippen LogP contribution in [0, 0.1) is 0 Å². The second kappa shape index (κ2) is 6.21. The van der Waals surface area contributed by atoms with Crippen molar-refractivity contribution >= 4 is 16.7 Å². The van der Waals surface area contributed by atoms with Crippen LogP contribution >= 0.6 is 0 Å². The molecule has 2 fully saturated rings. The molecule has 3 heterocycles. The molecule has 1 aliphatic carbocycles. The van der Waals surface area contributed by atoms with E-state index >= 15 is 0 Å². The standard InChI is InChI=1S/C18H21N5O3/c24-18-14-4-3-12(6-16(14)21-23-18)26-13-5-11(8-25-9-13)19-17-7-15(20-22-17)10-1-2-10/h3-4,6-7,10-11,13H,1-2,5,8-9H2,(H2,19,20,22)(H2,21,23,24). The van der Waals surface area contributed by atoms with E-state index in [1.54, 1.807) is 6.07 Å². The zero-order valence-corrected chi connectivity index (χ0v) is 14.2. The predicted molar refractivity (Wildman–Crippen MR) is 96.7 cm³/mol. The van der Waals surface area contributed by atoms with E-state index in [9.17, 15) is 4.79 Å². The molecule has 0 spiro atoms. The molecule has 2 aromatic heterocycles. The average molecular weight is 355 g/mol. The Morgan fingerprint density at radius 1 is 1.19 bits per heavy atom. The molecule has 1 saturated heterocycles. The van der Waals surface area contributed by atoms with Gasteiger partial charge < -0.3 is 14.8 Å². The van der Waals surface area contributed by atoms with Crippen LogP contribution in [-0.4, -0.2) is 45.8 Å². The third-order valence-electron chi connectivity index (χ3n) is 4.99. The first-order valence-electron chi connectivity index (χ1n) is 9.01. The van der Waals surface area contributed by atoms with Gasteiger partial charge in [-0.2, -0.15) is 5.10 Å². The fourth-order valence-electron chi connectivity index (χ4n) is 3.48. The minimum absolute atomic E-state index is 0.0498. The van der Waals surface area contributed by atoms with Gasteiger partial charge in [0, 0.05) is 30.2 Å². The van der Waals surface area contributed by atoms with Crippen LogP contribution in [-0.2, 0) is 4.74 Å². The summed E-state index contributed by atoms with van der Waals surface area (Å²) >= 11 is 0. The number of aromatic amines is 3. The number of nitrogens with zero attached hydrogens (tertiary/aromatic N) is 1. The van der Waals surface area contributed by atoms with Gasteiger partial charge >= 0.3 is 0 Å². The van der Waals surface area contributed by atoms with Crippen LogP contribution in [0.5, 0.6) is 5.75 Å². The lowest BCUT2D eigenvalue weighted by atomic mass is 10.1. The molecule has 1 aromatic carbocycles. The summed E-state index contributed by atoms with van der Waals surface area (Å²) in [5.41, 5.74) is 1.83. The van der Waals surface area contributed by atoms with Gasteiger partial charge in [-0.1, -0.05) is 0 Å². The van der Waals surface area contributed by atoms with Crippen molar-refractivity contribution in [3.63, 3.8) is 0 Å². The summed E-state index contributed by atoms with van der Waals surface area (Å²) in [6.07, 6.45) is 3.28. The van der Waals surface area contributed by atoms with E-state index in [-0.39, 0.29) is 17.7 Å². The maximum absolute atomic E-state index is 11.6. The number of benzene rings is 1. The highest BCUT2D eigenvalue weighted by molar-refractivity contribution is 5.79. The van der Waals surface area contributed by atoms with E-state index in [4.69, 9.17) is 9.47 Å². The number of nitrogens with one attached hydrogen (secondary N) is 4. The lowest BCUT2D eigenvalue weighted by molar-refractivity contribution is 0.000772. The smallest absolute Gasteiger partial charge is 0.271 e. The Bertz CT molecular complexity index is 971. The zero-order valence-electron chi connectivity index (χ0n) is 14.2. The quantitative estimate of drug-likeness (QED) is 0.561. The van der Waals surface area contributed by atoms with E-state index in [0.29, 0.717) is 24.5 Å². The van der Waals surface area contributed by atoms with Gasteiger partial charge in [0.15, 0.2) is 0 Å². The van der Waals surface area contributed by atoms with Crippen LogP contribution in [0.25, 0.3) is 10.9 Å². The van der Waals surface area contributed by atoms with Gasteiger partial charge in [0.1, 0.15) is 17.7 Å². The van der Waals surface area contributed by atoms with E-state index < -0.39 is 0 Å². The van der Waals surface area contributed by atoms with E-state index in [1.807, 2.05) is 12.1 Å². The van der Waals surface area contributed by atoms with Crippen molar-refractivity contribution in [2.45, 2.75) is 37.3 Å². The number of H-pyrrole nitrogens is 3. The molecule has 0 radical (unpaired) electrons. The number of rotatable bonds is 5. The normalized spacial score (nSPS) is 23.2. The zero-order chi connectivity index (χ0) is 17.5. The van der Waals surface area contributed by atoms with Gasteiger partial charge in [-0.25, -0.2) is 0 Å². The highest BCUT2D eigenvalue weighted by Crippen LogP contribution is 2.39. The van der Waals surface area contributed by atoms with Crippen LogP contribution in [0.4, 0.5) is 5.82 Å². The van der Waals surface area contributed by atoms with Gasteiger partial charge in [-0.05, 0) is 25.0 Å². The summed E-state index contributed by atoms with van der Waals surface area (Å²) in [5.74, 6) is 2.25. The maximum atomic E-state index is 11.6. The van der Waals surface area contributed by atoms with Crippen molar-refractivity contribution in [1.29, 1.82) is 0 Å². The third-order valence-corrected chi connectivity index (χ3v) is 4.99. The fourth-order valence-corrected chi connectivity index (χ4v) is 3.48. The molecule has 2 aliphatic rings. The maximum Gasteiger partial charge on any atom is 0.271 e. The Morgan fingerprint density at radius 2 is 2.12 bits per heavy atom. The topological polar surface area (TPSA) is 108 Å². The van der Waals surface area contributed by atoms with E-state index in [0.717, 1.165) is 23.5 Å². The predicted octanol–water partition coefficient (Wildman–Crippen LogP) is 2.11. The lowest BCUT2D eigenvalue weighted by Crippen LogP contribution is -2.40. The molecule has 136 valence electrons. The van der Waals surface area contributed by atoms with Gasteiger partial charge in [0.2, 0.25) is 0 Å². The fraction of sp³-hybridized carbons (Fsp3) is 0.444. The minimum atomic E-state index is -0.124. The van der Waals surface area contributed by atoms with Crippen LogP contribution in [0.1, 0.15) is 30.9 Å². The van der Waals surface area contributed by atoms with Gasteiger partial charge in [0.05, 0.1) is 30.2 Å². The molecular formula is C18H21N5O3. The first-order chi connectivity index (χ1) is 12.7. The third kappa shape index (κ3) is 3.08. The summed E-state index contributed by atoms with van der Waals surface area (Å²) in [6, 6.07) is 7.67. The monoisotopic (exact) mass is 355 g/mol. The number of anilines is 1. The van der Waals surface area contributed by atoms with Crippen molar-refractivity contribution in [3.05, 3.63) is 40.3 Å². The summed E-state index contributed by atoms with van der Waals surface area (Å²) in [4.78, 5) is 11.6. The summed E-state index contributed by atoms with van der Waals surface area (Å²) in [5, 5.41) is 16.9. The van der Waals surface area contributed by atoms with Crippen LogP contribution in [0.2, 0.25) is 0 Å². The summed E-state index contributed by atoms with van der Waals surface area (Å²) in [6.45, 7) is 1.18. The number of aromatic nitrogens is 4. The molecule has 0 bridgehead atoms. The molecule has 1 aliphatic heterocycles. The SMILES string of the molecule is O=c1[nH][nH]c2cc(OC3COCC(Nc4cc(C5CC5)[nH]n4)C3)ccc12. The van der Waals surface area contributed by atoms with E-state index in [1.165, 1.54) is 18.5 Å². The highest BCUT2D eigenvalue weighted by atomic mass is 16.5. The molecule has 8 nitrogen and oxygen atoms in total. The molecule has 2 atom stereocenters. The van der Waals surface area contributed by atoms with Crippen molar-refractivity contribution in [2.24, 2.45) is 0 Å². The van der Waals surface area contributed by atoms with Crippen molar-refractivity contribution in [2.75, 3.05) is 18.5 Å². The Balaban J connectivity index is 1.23.